The Bertz CT molecular complexity index is 1280. The molecule has 9 nitrogen and oxygen atoms in total. The van der Waals surface area contributed by atoms with E-state index in [1.54, 1.807) is 0 Å². The Morgan fingerprint density at radius 2 is 1.77 bits per heavy atom. The Morgan fingerprint density at radius 3 is 2.39 bits per heavy atom. The van der Waals surface area contributed by atoms with E-state index in [9.17, 15) is 18.0 Å². The zero-order valence-corrected chi connectivity index (χ0v) is 17.7. The van der Waals surface area contributed by atoms with Crippen LogP contribution in [0, 0.1) is 13.8 Å². The van der Waals surface area contributed by atoms with Crippen molar-refractivity contribution in [1.82, 2.24) is 9.78 Å². The quantitative estimate of drug-likeness (QED) is 0.573. The molecular formula is C21H21N5O4S. The SMILES string of the molecule is Cc1ccc(-c2nn3c(c2C)NC(=O)C[C@@H]3C(=O)Nc2ccc(S(N)(=O)=O)cc2)cc1. The van der Waals surface area contributed by atoms with Crippen LogP contribution in [0.25, 0.3) is 11.3 Å². The Labute approximate surface area is 179 Å². The predicted molar refractivity (Wildman–Crippen MR) is 116 cm³/mol. The lowest BCUT2D eigenvalue weighted by Gasteiger charge is -2.24. The smallest absolute Gasteiger partial charge is 0.249 e. The first-order chi connectivity index (χ1) is 14.6. The van der Waals surface area contributed by atoms with E-state index in [-0.39, 0.29) is 17.2 Å². The maximum absolute atomic E-state index is 13.0. The van der Waals surface area contributed by atoms with E-state index in [0.717, 1.165) is 16.7 Å². The summed E-state index contributed by atoms with van der Waals surface area (Å²) in [6, 6.07) is 12.5. The van der Waals surface area contributed by atoms with Gasteiger partial charge in [-0.3, -0.25) is 9.59 Å². The number of hydrogen-bond donors (Lipinski definition) is 3. The summed E-state index contributed by atoms with van der Waals surface area (Å²) in [5.41, 5.74) is 3.84. The van der Waals surface area contributed by atoms with Crippen LogP contribution in [0.4, 0.5) is 11.5 Å². The van der Waals surface area contributed by atoms with Gasteiger partial charge < -0.3 is 10.6 Å². The van der Waals surface area contributed by atoms with E-state index < -0.39 is 22.0 Å². The summed E-state index contributed by atoms with van der Waals surface area (Å²) in [5, 5.41) is 15.2. The number of nitrogens with two attached hydrogens (primary N) is 1. The molecule has 0 bridgehead atoms. The molecule has 4 rings (SSSR count). The number of nitrogens with zero attached hydrogens (tertiary/aromatic N) is 2. The van der Waals surface area contributed by atoms with Crippen LogP contribution in [-0.4, -0.2) is 30.0 Å². The molecule has 1 aliphatic rings. The Kier molecular flexibility index (Phi) is 5.11. The Balaban J connectivity index is 1.64. The number of amides is 2. The van der Waals surface area contributed by atoms with Gasteiger partial charge >= 0.3 is 0 Å². The summed E-state index contributed by atoms with van der Waals surface area (Å²) in [4.78, 5) is 25.2. The third-order valence-corrected chi connectivity index (χ3v) is 6.09. The molecule has 0 saturated carbocycles. The molecule has 0 spiro atoms. The van der Waals surface area contributed by atoms with Crippen LogP contribution in [-0.2, 0) is 19.6 Å². The summed E-state index contributed by atoms with van der Waals surface area (Å²) in [6.45, 7) is 3.84. The Hall–Kier alpha value is -3.50. The fourth-order valence-corrected chi connectivity index (χ4v) is 4.00. The van der Waals surface area contributed by atoms with E-state index in [1.807, 2.05) is 38.1 Å². The number of sulfonamides is 1. The third-order valence-electron chi connectivity index (χ3n) is 5.16. The number of primary sulfonamides is 1. The summed E-state index contributed by atoms with van der Waals surface area (Å²) >= 11 is 0. The number of carbonyl (C=O) groups excluding carboxylic acids is 2. The summed E-state index contributed by atoms with van der Waals surface area (Å²) in [7, 11) is -3.83. The number of hydrogen-bond acceptors (Lipinski definition) is 5. The second kappa shape index (κ2) is 7.64. The highest BCUT2D eigenvalue weighted by atomic mass is 32.2. The van der Waals surface area contributed by atoms with Gasteiger partial charge in [-0.15, -0.1) is 0 Å². The number of fused-ring (bicyclic) bond motifs is 1. The molecule has 0 radical (unpaired) electrons. The zero-order chi connectivity index (χ0) is 22.3. The monoisotopic (exact) mass is 439 g/mol. The topological polar surface area (TPSA) is 136 Å². The van der Waals surface area contributed by atoms with E-state index in [0.29, 0.717) is 17.2 Å². The molecule has 0 unspecified atom stereocenters. The number of nitrogens with one attached hydrogen (secondary N) is 2. The summed E-state index contributed by atoms with van der Waals surface area (Å²) in [6.07, 6.45) is -0.0669. The highest BCUT2D eigenvalue weighted by Gasteiger charge is 2.34. The molecule has 3 aromatic rings. The van der Waals surface area contributed by atoms with Crippen molar-refractivity contribution < 1.29 is 18.0 Å². The molecule has 160 valence electrons. The Morgan fingerprint density at radius 1 is 1.13 bits per heavy atom. The molecule has 10 heteroatoms. The van der Waals surface area contributed by atoms with Gasteiger partial charge in [0.05, 0.1) is 17.0 Å². The number of rotatable bonds is 4. The maximum Gasteiger partial charge on any atom is 0.249 e. The average Bonchev–Trinajstić information content (AvgIpc) is 3.04. The molecule has 4 N–H and O–H groups in total. The van der Waals surface area contributed by atoms with Gasteiger partial charge in [0.2, 0.25) is 21.8 Å². The third kappa shape index (κ3) is 4.07. The minimum atomic E-state index is -3.83. The normalized spacial score (nSPS) is 15.8. The van der Waals surface area contributed by atoms with E-state index >= 15 is 0 Å². The first-order valence-corrected chi connectivity index (χ1v) is 11.1. The lowest BCUT2D eigenvalue weighted by Crippen LogP contribution is -2.35. The van der Waals surface area contributed by atoms with E-state index in [4.69, 9.17) is 5.14 Å². The van der Waals surface area contributed by atoms with Gasteiger partial charge in [0.25, 0.3) is 0 Å². The van der Waals surface area contributed by atoms with Crippen molar-refractivity contribution >= 4 is 33.3 Å². The number of anilines is 2. The van der Waals surface area contributed by atoms with Gasteiger partial charge in [0.15, 0.2) is 0 Å². The zero-order valence-electron chi connectivity index (χ0n) is 16.9. The molecule has 31 heavy (non-hydrogen) atoms. The molecule has 0 aliphatic carbocycles. The fraction of sp³-hybridized carbons (Fsp3) is 0.190. The van der Waals surface area contributed by atoms with Gasteiger partial charge in [-0.2, -0.15) is 5.10 Å². The van der Waals surface area contributed by atoms with Crippen molar-refractivity contribution in [1.29, 1.82) is 0 Å². The largest absolute Gasteiger partial charge is 0.324 e. The van der Waals surface area contributed by atoms with Gasteiger partial charge in [-0.05, 0) is 38.1 Å². The van der Waals surface area contributed by atoms with Crippen LogP contribution in [0.15, 0.2) is 53.4 Å². The summed E-state index contributed by atoms with van der Waals surface area (Å²) < 4.78 is 24.3. The summed E-state index contributed by atoms with van der Waals surface area (Å²) in [5.74, 6) is -0.232. The molecule has 1 aromatic heterocycles. The number of benzene rings is 2. The van der Waals surface area contributed by atoms with Gasteiger partial charge in [-0.1, -0.05) is 29.8 Å². The first-order valence-electron chi connectivity index (χ1n) is 9.53. The van der Waals surface area contributed by atoms with Crippen molar-refractivity contribution in [3.8, 4) is 11.3 Å². The van der Waals surface area contributed by atoms with Crippen LogP contribution in [0.5, 0.6) is 0 Å². The molecule has 1 atom stereocenters. The molecular weight excluding hydrogens is 418 g/mol. The second-order valence-corrected chi connectivity index (χ2v) is 9.02. The van der Waals surface area contributed by atoms with Crippen LogP contribution in [0.1, 0.15) is 23.6 Å². The average molecular weight is 439 g/mol. The molecule has 1 aliphatic heterocycles. The van der Waals surface area contributed by atoms with Crippen molar-refractivity contribution in [3.05, 3.63) is 59.7 Å². The maximum atomic E-state index is 13.0. The van der Waals surface area contributed by atoms with Crippen molar-refractivity contribution in [2.75, 3.05) is 10.6 Å². The first kappa shape index (κ1) is 20.8. The van der Waals surface area contributed by atoms with Gasteiger partial charge in [0, 0.05) is 16.8 Å². The number of aromatic nitrogens is 2. The molecule has 0 fully saturated rings. The van der Waals surface area contributed by atoms with Crippen molar-refractivity contribution in [2.45, 2.75) is 31.2 Å². The van der Waals surface area contributed by atoms with Crippen LogP contribution >= 0.6 is 0 Å². The molecule has 2 aromatic carbocycles. The van der Waals surface area contributed by atoms with E-state index in [1.165, 1.54) is 28.9 Å². The standard InChI is InChI=1S/C21H21N5O4S/c1-12-3-5-14(6-4-12)19-13(2)20-24-18(27)11-17(26(20)25-19)21(28)23-15-7-9-16(10-8-15)31(22,29)30/h3-10,17H,11H2,1-2H3,(H,23,28)(H,24,27)(H2,22,29,30)/t17-/m1/s1. The lowest BCUT2D eigenvalue weighted by atomic mass is 10.1. The van der Waals surface area contributed by atoms with Gasteiger partial charge in [-0.25, -0.2) is 18.2 Å². The number of carbonyl (C=O) groups is 2. The molecule has 0 saturated heterocycles. The van der Waals surface area contributed by atoms with Crippen molar-refractivity contribution in [3.63, 3.8) is 0 Å². The van der Waals surface area contributed by atoms with Crippen molar-refractivity contribution in [2.24, 2.45) is 5.14 Å². The predicted octanol–water partition coefficient (Wildman–Crippen LogP) is 2.34. The fourth-order valence-electron chi connectivity index (χ4n) is 3.48. The highest BCUT2D eigenvalue weighted by molar-refractivity contribution is 7.89. The highest BCUT2D eigenvalue weighted by Crippen LogP contribution is 2.34. The van der Waals surface area contributed by atoms with Crippen LogP contribution in [0.2, 0.25) is 0 Å². The minimum Gasteiger partial charge on any atom is -0.324 e. The lowest BCUT2D eigenvalue weighted by molar-refractivity contribution is -0.125. The second-order valence-electron chi connectivity index (χ2n) is 7.46. The number of aryl methyl sites for hydroxylation is 1. The minimum absolute atomic E-state index is 0.0599. The van der Waals surface area contributed by atoms with Crippen LogP contribution < -0.4 is 15.8 Å². The molecule has 2 amide bonds. The molecule has 2 heterocycles. The van der Waals surface area contributed by atoms with Crippen LogP contribution in [0.3, 0.4) is 0 Å². The van der Waals surface area contributed by atoms with E-state index in [2.05, 4.69) is 15.7 Å². The van der Waals surface area contributed by atoms with Gasteiger partial charge in [0.1, 0.15) is 11.9 Å².